The monoisotopic (exact) mass is 643 g/mol. The summed E-state index contributed by atoms with van der Waals surface area (Å²) in [5, 5.41) is 0. The molecule has 2 fully saturated rings. The topological polar surface area (TPSA) is 80.8 Å². The maximum Gasteiger partial charge on any atom is 0.410 e. The van der Waals surface area contributed by atoms with E-state index in [-0.39, 0.29) is 36.2 Å². The first-order valence-corrected chi connectivity index (χ1v) is 15.8. The van der Waals surface area contributed by atoms with Crippen molar-refractivity contribution in [1.29, 1.82) is 0 Å². The predicted octanol–water partition coefficient (Wildman–Crippen LogP) is 6.40. The molecular formula is C35H47F2N3O6. The molecule has 0 saturated carbocycles. The van der Waals surface area contributed by atoms with Crippen molar-refractivity contribution < 1.29 is 37.3 Å². The van der Waals surface area contributed by atoms with Crippen molar-refractivity contribution in [3.8, 4) is 17.2 Å². The molecule has 2 heterocycles. The number of methoxy groups -OCH3 is 3. The van der Waals surface area contributed by atoms with E-state index < -0.39 is 17.2 Å². The Morgan fingerprint density at radius 1 is 0.957 bits per heavy atom. The van der Waals surface area contributed by atoms with Crippen molar-refractivity contribution >= 4 is 18.1 Å². The van der Waals surface area contributed by atoms with Crippen LogP contribution in [0.3, 0.4) is 0 Å². The number of benzene rings is 2. The van der Waals surface area contributed by atoms with Crippen LogP contribution < -0.4 is 14.2 Å². The van der Waals surface area contributed by atoms with Gasteiger partial charge in [-0.05, 0) is 84.2 Å². The first kappa shape index (κ1) is 35.0. The summed E-state index contributed by atoms with van der Waals surface area (Å²) in [5.74, 6) is -0.435. The molecule has 2 amide bonds. The van der Waals surface area contributed by atoms with Gasteiger partial charge in [0.1, 0.15) is 17.2 Å². The first-order valence-electron chi connectivity index (χ1n) is 15.8. The second-order valence-corrected chi connectivity index (χ2v) is 13.0. The average molecular weight is 644 g/mol. The van der Waals surface area contributed by atoms with Crippen LogP contribution in [0.1, 0.15) is 69.3 Å². The van der Waals surface area contributed by atoms with E-state index in [1.807, 2.05) is 27.7 Å². The molecule has 2 saturated heterocycles. The van der Waals surface area contributed by atoms with Crippen molar-refractivity contribution in [1.82, 2.24) is 14.7 Å². The molecule has 4 rings (SSSR count). The van der Waals surface area contributed by atoms with Crippen LogP contribution in [0.5, 0.6) is 17.2 Å². The standard InChI is InChI=1S/C35H47F2N3O6/c1-23(17-24-10-11-26(36)20-29(24)37)21-39(33(41)25-18-30(43-5)32(45-7)31(19-25)44-6)22-28-9-8-14-40(28)27-12-15-38(16-13-27)34(42)46-35(2,3)4/h10-11,17-20,27-28H,8-9,12-16,21-22H2,1-7H3/b23-17+. The lowest BCUT2D eigenvalue weighted by Crippen LogP contribution is -2.52. The molecule has 1 atom stereocenters. The largest absolute Gasteiger partial charge is 0.493 e. The van der Waals surface area contributed by atoms with Gasteiger partial charge in [0.15, 0.2) is 11.5 Å². The summed E-state index contributed by atoms with van der Waals surface area (Å²) in [7, 11) is 4.50. The SMILES string of the molecule is COc1cc(C(=O)N(C/C(C)=C/c2ccc(F)cc2F)CC2CCCN2C2CCN(C(=O)OC(C)(C)C)CC2)cc(OC)c1OC. The second-order valence-electron chi connectivity index (χ2n) is 13.0. The third kappa shape index (κ3) is 8.69. The average Bonchev–Trinajstić information content (AvgIpc) is 3.48. The Morgan fingerprint density at radius 3 is 2.17 bits per heavy atom. The second kappa shape index (κ2) is 15.2. The minimum absolute atomic E-state index is 0.0967. The molecule has 2 aromatic carbocycles. The number of likely N-dealkylation sites (tertiary alicyclic amines) is 2. The number of ether oxygens (including phenoxy) is 4. The molecule has 2 aliphatic heterocycles. The fraction of sp³-hybridized carbons (Fsp3) is 0.543. The molecule has 0 N–H and O–H groups in total. The summed E-state index contributed by atoms with van der Waals surface area (Å²) in [4.78, 5) is 32.9. The first-order chi connectivity index (χ1) is 21.8. The Labute approximate surface area is 271 Å². The number of rotatable bonds is 10. The van der Waals surface area contributed by atoms with E-state index in [2.05, 4.69) is 4.90 Å². The van der Waals surface area contributed by atoms with Crippen molar-refractivity contribution in [2.24, 2.45) is 0 Å². The van der Waals surface area contributed by atoms with Crippen molar-refractivity contribution in [3.63, 3.8) is 0 Å². The van der Waals surface area contributed by atoms with E-state index in [0.29, 0.717) is 42.4 Å². The van der Waals surface area contributed by atoms with Crippen LogP contribution in [0.15, 0.2) is 35.9 Å². The highest BCUT2D eigenvalue weighted by atomic mass is 19.1. The summed E-state index contributed by atoms with van der Waals surface area (Å²) in [5.41, 5.74) is 0.807. The van der Waals surface area contributed by atoms with Gasteiger partial charge >= 0.3 is 6.09 Å². The number of nitrogens with zero attached hydrogens (tertiary/aromatic N) is 3. The highest BCUT2D eigenvalue weighted by Crippen LogP contribution is 2.39. The predicted molar refractivity (Wildman–Crippen MR) is 173 cm³/mol. The zero-order chi connectivity index (χ0) is 33.6. The lowest BCUT2D eigenvalue weighted by atomic mass is 10.0. The molecule has 252 valence electrons. The molecule has 2 aromatic rings. The minimum atomic E-state index is -0.665. The summed E-state index contributed by atoms with van der Waals surface area (Å²) >= 11 is 0. The molecular weight excluding hydrogens is 596 g/mol. The van der Waals surface area contributed by atoms with Crippen LogP contribution in [-0.4, -0.2) is 98.4 Å². The Kier molecular flexibility index (Phi) is 11.5. The Morgan fingerprint density at radius 2 is 1.61 bits per heavy atom. The minimum Gasteiger partial charge on any atom is -0.493 e. The number of carbonyl (C=O) groups is 2. The third-order valence-corrected chi connectivity index (χ3v) is 8.44. The van der Waals surface area contributed by atoms with E-state index in [9.17, 15) is 18.4 Å². The number of halogens is 2. The van der Waals surface area contributed by atoms with Gasteiger partial charge < -0.3 is 28.7 Å². The fourth-order valence-corrected chi connectivity index (χ4v) is 6.33. The van der Waals surface area contributed by atoms with E-state index >= 15 is 0 Å². The van der Waals surface area contributed by atoms with E-state index in [1.165, 1.54) is 33.5 Å². The van der Waals surface area contributed by atoms with Gasteiger partial charge in [-0.2, -0.15) is 0 Å². The van der Waals surface area contributed by atoms with E-state index in [0.717, 1.165) is 43.9 Å². The number of piperidine rings is 1. The Balaban J connectivity index is 1.57. The van der Waals surface area contributed by atoms with Crippen molar-refractivity contribution in [3.05, 3.63) is 58.7 Å². The lowest BCUT2D eigenvalue weighted by molar-refractivity contribution is 0.0123. The molecule has 0 aromatic heterocycles. The zero-order valence-electron chi connectivity index (χ0n) is 28.0. The van der Waals surface area contributed by atoms with E-state index in [1.54, 1.807) is 28.0 Å². The molecule has 2 aliphatic rings. The summed E-state index contributed by atoms with van der Waals surface area (Å²) in [6, 6.07) is 7.09. The highest BCUT2D eigenvalue weighted by Gasteiger charge is 2.36. The quantitative estimate of drug-likeness (QED) is 0.297. The third-order valence-electron chi connectivity index (χ3n) is 8.44. The Hall–Kier alpha value is -3.86. The summed E-state index contributed by atoms with van der Waals surface area (Å²) in [6.45, 7) is 10.2. The van der Waals surface area contributed by atoms with Crippen LogP contribution in [0.25, 0.3) is 6.08 Å². The zero-order valence-corrected chi connectivity index (χ0v) is 28.0. The highest BCUT2D eigenvalue weighted by molar-refractivity contribution is 5.96. The molecule has 0 aliphatic carbocycles. The number of carbonyl (C=O) groups excluding carboxylic acids is 2. The number of hydrogen-bond donors (Lipinski definition) is 0. The van der Waals surface area contributed by atoms with Gasteiger partial charge in [-0.25, -0.2) is 13.6 Å². The van der Waals surface area contributed by atoms with Crippen LogP contribution in [-0.2, 0) is 4.74 Å². The van der Waals surface area contributed by atoms with Gasteiger partial charge in [0.2, 0.25) is 5.75 Å². The maximum absolute atomic E-state index is 14.5. The van der Waals surface area contributed by atoms with Gasteiger partial charge in [-0.15, -0.1) is 0 Å². The van der Waals surface area contributed by atoms with Gasteiger partial charge in [-0.3, -0.25) is 9.69 Å². The molecule has 1 unspecified atom stereocenters. The van der Waals surface area contributed by atoms with Crippen molar-refractivity contribution in [2.75, 3.05) is 54.1 Å². The smallest absolute Gasteiger partial charge is 0.410 e. The summed E-state index contributed by atoms with van der Waals surface area (Å²) < 4.78 is 50.1. The number of amides is 2. The van der Waals surface area contributed by atoms with Crippen LogP contribution >= 0.6 is 0 Å². The summed E-state index contributed by atoms with van der Waals surface area (Å²) in [6.07, 6.45) is 4.91. The maximum atomic E-state index is 14.5. The molecule has 0 bridgehead atoms. The van der Waals surface area contributed by atoms with E-state index in [4.69, 9.17) is 18.9 Å². The van der Waals surface area contributed by atoms with Gasteiger partial charge in [-0.1, -0.05) is 11.6 Å². The molecule has 0 spiro atoms. The Bertz CT molecular complexity index is 1390. The number of hydrogen-bond acceptors (Lipinski definition) is 7. The van der Waals surface area contributed by atoms with Crippen molar-refractivity contribution in [2.45, 2.75) is 71.1 Å². The molecule has 46 heavy (non-hydrogen) atoms. The fourth-order valence-electron chi connectivity index (χ4n) is 6.33. The van der Waals surface area contributed by atoms with Gasteiger partial charge in [0, 0.05) is 55.5 Å². The lowest BCUT2D eigenvalue weighted by Gasteiger charge is -2.40. The van der Waals surface area contributed by atoms with Crippen LogP contribution in [0.2, 0.25) is 0 Å². The van der Waals surface area contributed by atoms with Crippen LogP contribution in [0, 0.1) is 11.6 Å². The molecule has 11 heteroatoms. The van der Waals surface area contributed by atoms with Crippen LogP contribution in [0.4, 0.5) is 13.6 Å². The van der Waals surface area contributed by atoms with Gasteiger partial charge in [0.25, 0.3) is 5.91 Å². The molecule has 0 radical (unpaired) electrons. The van der Waals surface area contributed by atoms with Gasteiger partial charge in [0.05, 0.1) is 21.3 Å². The molecule has 9 nitrogen and oxygen atoms in total. The normalized spacial score (nSPS) is 18.0.